The minimum atomic E-state index is -0.973. The third kappa shape index (κ3) is 2.89. The average Bonchev–Trinajstić information content (AvgIpc) is 2.90. The van der Waals surface area contributed by atoms with Gasteiger partial charge in [-0.05, 0) is 19.9 Å². The summed E-state index contributed by atoms with van der Waals surface area (Å²) < 4.78 is 6.97. The third-order valence-corrected chi connectivity index (χ3v) is 3.95. The number of rotatable bonds is 6. The molecule has 1 aliphatic rings. The van der Waals surface area contributed by atoms with Gasteiger partial charge in [-0.2, -0.15) is 0 Å². The first-order valence-corrected chi connectivity index (χ1v) is 7.12. The number of amides is 4. The molecule has 23 heavy (non-hydrogen) atoms. The maximum absolute atomic E-state index is 12.4. The maximum Gasteiger partial charge on any atom is 0.334 e. The zero-order valence-corrected chi connectivity index (χ0v) is 13.6. The number of hydrogen-bond donors (Lipinski definition) is 0. The molecule has 0 radical (unpaired) electrons. The average molecular weight is 321 g/mol. The summed E-state index contributed by atoms with van der Waals surface area (Å²) in [5, 5.41) is 0. The predicted molar refractivity (Wildman–Crippen MR) is 80.0 cm³/mol. The fourth-order valence-electron chi connectivity index (χ4n) is 2.59. The Morgan fingerprint density at radius 3 is 2.35 bits per heavy atom. The van der Waals surface area contributed by atoms with Crippen molar-refractivity contribution in [3.05, 3.63) is 23.0 Å². The summed E-state index contributed by atoms with van der Waals surface area (Å²) in [5.41, 5.74) is 2.06. The van der Waals surface area contributed by atoms with Crippen LogP contribution in [0.1, 0.15) is 21.7 Å². The third-order valence-electron chi connectivity index (χ3n) is 3.95. The van der Waals surface area contributed by atoms with E-state index in [1.807, 2.05) is 11.5 Å². The van der Waals surface area contributed by atoms with E-state index in [0.29, 0.717) is 28.5 Å². The van der Waals surface area contributed by atoms with Crippen LogP contribution in [-0.4, -0.2) is 65.3 Å². The van der Waals surface area contributed by atoms with Crippen LogP contribution < -0.4 is 0 Å². The number of likely N-dealkylation sites (N-methyl/N-ethyl adjacent to an activating group) is 1. The SMILES string of the molecule is COCCn1c(C)cc(C(=O)CN2C(=O)C(=O)N(C)C2=O)c1C. The van der Waals surface area contributed by atoms with Gasteiger partial charge in [-0.25, -0.2) is 9.69 Å². The Hall–Kier alpha value is -2.48. The summed E-state index contributed by atoms with van der Waals surface area (Å²) in [6.07, 6.45) is 0. The standard InChI is InChI=1S/C15H19N3O5/c1-9-7-11(10(2)17(9)5-6-23-4)12(19)8-18-14(21)13(20)16(3)15(18)22/h7H,5-6,8H2,1-4H3. The largest absolute Gasteiger partial charge is 0.383 e. The van der Waals surface area contributed by atoms with Crippen molar-refractivity contribution in [2.45, 2.75) is 20.4 Å². The fourth-order valence-corrected chi connectivity index (χ4v) is 2.59. The topological polar surface area (TPSA) is 88.9 Å². The van der Waals surface area contributed by atoms with Crippen LogP contribution in [0.25, 0.3) is 0 Å². The molecule has 124 valence electrons. The molecule has 0 bridgehead atoms. The van der Waals surface area contributed by atoms with Crippen LogP contribution in [0.3, 0.4) is 0 Å². The van der Waals surface area contributed by atoms with Crippen LogP contribution in [0.5, 0.6) is 0 Å². The van der Waals surface area contributed by atoms with Gasteiger partial charge in [0, 0.05) is 37.7 Å². The smallest absolute Gasteiger partial charge is 0.334 e. The van der Waals surface area contributed by atoms with Gasteiger partial charge in [-0.3, -0.25) is 19.3 Å². The highest BCUT2D eigenvalue weighted by atomic mass is 16.5. The van der Waals surface area contributed by atoms with Crippen molar-refractivity contribution in [2.24, 2.45) is 0 Å². The summed E-state index contributed by atoms with van der Waals surface area (Å²) in [7, 11) is 2.81. The van der Waals surface area contributed by atoms with Crippen LogP contribution in [0.4, 0.5) is 4.79 Å². The monoisotopic (exact) mass is 321 g/mol. The highest BCUT2D eigenvalue weighted by Gasteiger charge is 2.43. The fraction of sp³-hybridized carbons (Fsp3) is 0.467. The lowest BCUT2D eigenvalue weighted by Gasteiger charge is -2.12. The highest BCUT2D eigenvalue weighted by Crippen LogP contribution is 2.18. The second-order valence-electron chi connectivity index (χ2n) is 5.39. The molecule has 8 heteroatoms. The number of ether oxygens (including phenoxy) is 1. The Morgan fingerprint density at radius 2 is 1.83 bits per heavy atom. The molecule has 1 aliphatic heterocycles. The van der Waals surface area contributed by atoms with Gasteiger partial charge in [-0.1, -0.05) is 0 Å². The molecule has 0 spiro atoms. The van der Waals surface area contributed by atoms with E-state index in [2.05, 4.69) is 0 Å². The van der Waals surface area contributed by atoms with Crippen LogP contribution in [0.2, 0.25) is 0 Å². The van der Waals surface area contributed by atoms with E-state index in [4.69, 9.17) is 4.74 Å². The molecule has 0 aliphatic carbocycles. The highest BCUT2D eigenvalue weighted by molar-refractivity contribution is 6.45. The number of Topliss-reactive ketones (excluding diaryl/α,β-unsaturated/α-hetero) is 1. The Labute approximate surface area is 133 Å². The van der Waals surface area contributed by atoms with Gasteiger partial charge in [0.15, 0.2) is 5.78 Å². The molecule has 0 N–H and O–H groups in total. The molecule has 1 saturated heterocycles. The van der Waals surface area contributed by atoms with Gasteiger partial charge in [0.25, 0.3) is 0 Å². The lowest BCUT2D eigenvalue weighted by Crippen LogP contribution is -2.36. The molecule has 0 atom stereocenters. The van der Waals surface area contributed by atoms with E-state index >= 15 is 0 Å². The van der Waals surface area contributed by atoms with E-state index in [9.17, 15) is 19.2 Å². The number of methoxy groups -OCH3 is 1. The number of aromatic nitrogens is 1. The van der Waals surface area contributed by atoms with Crippen molar-refractivity contribution in [1.29, 1.82) is 0 Å². The van der Waals surface area contributed by atoms with Gasteiger partial charge in [-0.15, -0.1) is 0 Å². The Kier molecular flexibility index (Phi) is 4.65. The van der Waals surface area contributed by atoms with Crippen LogP contribution in [-0.2, 0) is 20.9 Å². The molecule has 1 fully saturated rings. The van der Waals surface area contributed by atoms with E-state index in [1.54, 1.807) is 20.1 Å². The number of hydrogen-bond acceptors (Lipinski definition) is 5. The summed E-state index contributed by atoms with van der Waals surface area (Å²) >= 11 is 0. The number of aryl methyl sites for hydroxylation is 1. The zero-order chi connectivity index (χ0) is 17.3. The van der Waals surface area contributed by atoms with Gasteiger partial charge in [0.05, 0.1) is 13.2 Å². The molecule has 0 aromatic carbocycles. The zero-order valence-electron chi connectivity index (χ0n) is 13.6. The van der Waals surface area contributed by atoms with E-state index in [1.165, 1.54) is 7.05 Å². The number of nitrogens with zero attached hydrogens (tertiary/aromatic N) is 3. The van der Waals surface area contributed by atoms with Crippen molar-refractivity contribution in [3.8, 4) is 0 Å². The van der Waals surface area contributed by atoms with Gasteiger partial charge < -0.3 is 9.30 Å². The number of urea groups is 1. The molecular weight excluding hydrogens is 302 g/mol. The maximum atomic E-state index is 12.4. The van der Waals surface area contributed by atoms with Gasteiger partial charge in [0.2, 0.25) is 0 Å². The molecule has 1 aromatic rings. The second kappa shape index (κ2) is 6.33. The lowest BCUT2D eigenvalue weighted by atomic mass is 10.1. The molecular formula is C15H19N3O5. The molecule has 0 unspecified atom stereocenters. The lowest BCUT2D eigenvalue weighted by molar-refractivity contribution is -0.142. The van der Waals surface area contributed by atoms with Crippen LogP contribution in [0, 0.1) is 13.8 Å². The first kappa shape index (κ1) is 16.9. The molecule has 2 rings (SSSR count). The molecule has 0 saturated carbocycles. The minimum Gasteiger partial charge on any atom is -0.383 e. The second-order valence-corrected chi connectivity index (χ2v) is 5.39. The Morgan fingerprint density at radius 1 is 1.17 bits per heavy atom. The number of imide groups is 2. The molecule has 1 aromatic heterocycles. The van der Waals surface area contributed by atoms with Gasteiger partial charge in [0.1, 0.15) is 0 Å². The van der Waals surface area contributed by atoms with Crippen LogP contribution in [0.15, 0.2) is 6.07 Å². The normalized spacial score (nSPS) is 15.0. The molecule has 2 heterocycles. The first-order valence-electron chi connectivity index (χ1n) is 7.12. The van der Waals surface area contributed by atoms with Crippen molar-refractivity contribution in [2.75, 3.05) is 27.3 Å². The Bertz CT molecular complexity index is 692. The number of carbonyl (C=O) groups excluding carboxylic acids is 4. The summed E-state index contributed by atoms with van der Waals surface area (Å²) in [6.45, 7) is 4.32. The minimum absolute atomic E-state index is 0.383. The predicted octanol–water partition coefficient (Wildman–Crippen LogP) is 0.355. The van der Waals surface area contributed by atoms with Crippen molar-refractivity contribution >= 4 is 23.6 Å². The summed E-state index contributed by atoms with van der Waals surface area (Å²) in [4.78, 5) is 48.9. The quantitative estimate of drug-likeness (QED) is 0.429. The van der Waals surface area contributed by atoms with Crippen LogP contribution >= 0.6 is 0 Å². The van der Waals surface area contributed by atoms with E-state index in [0.717, 1.165) is 11.4 Å². The first-order chi connectivity index (χ1) is 10.8. The summed E-state index contributed by atoms with van der Waals surface area (Å²) in [5.74, 6) is -2.28. The van der Waals surface area contributed by atoms with Crippen molar-refractivity contribution in [1.82, 2.24) is 14.4 Å². The van der Waals surface area contributed by atoms with E-state index in [-0.39, 0.29) is 5.78 Å². The van der Waals surface area contributed by atoms with Crippen molar-refractivity contribution < 1.29 is 23.9 Å². The number of carbonyl (C=O) groups is 4. The number of ketones is 1. The molecule has 8 nitrogen and oxygen atoms in total. The van der Waals surface area contributed by atoms with Crippen molar-refractivity contribution in [3.63, 3.8) is 0 Å². The van der Waals surface area contributed by atoms with Gasteiger partial charge >= 0.3 is 17.8 Å². The van der Waals surface area contributed by atoms with E-state index < -0.39 is 24.4 Å². The summed E-state index contributed by atoms with van der Waals surface area (Å²) in [6, 6.07) is 0.936. The molecule has 4 amide bonds. The Balaban J connectivity index is 2.20.